The van der Waals surface area contributed by atoms with E-state index in [1.54, 1.807) is 18.3 Å². The lowest BCUT2D eigenvalue weighted by atomic mass is 10.1. The molecule has 0 atom stereocenters. The van der Waals surface area contributed by atoms with Gasteiger partial charge in [0.15, 0.2) is 0 Å². The highest BCUT2D eigenvalue weighted by Crippen LogP contribution is 2.19. The van der Waals surface area contributed by atoms with Crippen LogP contribution >= 0.6 is 0 Å². The first-order chi connectivity index (χ1) is 11.7. The quantitative estimate of drug-likeness (QED) is 0.688. The van der Waals surface area contributed by atoms with Crippen molar-refractivity contribution in [3.8, 4) is 0 Å². The van der Waals surface area contributed by atoms with E-state index in [0.717, 1.165) is 24.2 Å². The Bertz CT molecular complexity index is 699. The third kappa shape index (κ3) is 4.22. The number of hydrazone groups is 1. The molecule has 2 aromatic carbocycles. The second-order valence-corrected chi connectivity index (χ2v) is 6.20. The van der Waals surface area contributed by atoms with E-state index < -0.39 is 0 Å². The highest BCUT2D eigenvalue weighted by atomic mass is 16.2. The van der Waals surface area contributed by atoms with Crippen LogP contribution in [-0.2, 0) is 0 Å². The Hall–Kier alpha value is -2.62. The molecule has 1 aliphatic rings. The molecular formula is C20H23N3O. The number of carbonyl (C=O) groups excluding carboxylic acids is 1. The molecule has 4 heteroatoms. The maximum Gasteiger partial charge on any atom is 0.271 e. The Morgan fingerprint density at radius 1 is 1.00 bits per heavy atom. The maximum atomic E-state index is 12.0. The van der Waals surface area contributed by atoms with Gasteiger partial charge in [0.2, 0.25) is 0 Å². The fourth-order valence-electron chi connectivity index (χ4n) is 2.86. The number of benzene rings is 2. The van der Waals surface area contributed by atoms with Gasteiger partial charge in [0, 0.05) is 24.3 Å². The van der Waals surface area contributed by atoms with Gasteiger partial charge in [-0.3, -0.25) is 4.79 Å². The molecule has 1 amide bonds. The lowest BCUT2D eigenvalue weighted by Gasteiger charge is -2.28. The van der Waals surface area contributed by atoms with Gasteiger partial charge in [0.1, 0.15) is 0 Å². The van der Waals surface area contributed by atoms with Crippen LogP contribution in [0.4, 0.5) is 5.69 Å². The molecule has 0 aliphatic carbocycles. The number of anilines is 1. The molecule has 1 fully saturated rings. The number of rotatable bonds is 4. The van der Waals surface area contributed by atoms with Crippen LogP contribution in [0.1, 0.15) is 40.7 Å². The predicted molar refractivity (Wildman–Crippen MR) is 98.7 cm³/mol. The number of amides is 1. The highest BCUT2D eigenvalue weighted by Gasteiger charge is 2.10. The maximum absolute atomic E-state index is 12.0. The average molecular weight is 321 g/mol. The van der Waals surface area contributed by atoms with E-state index in [1.807, 2.05) is 31.2 Å². The number of piperidine rings is 1. The van der Waals surface area contributed by atoms with Gasteiger partial charge in [-0.15, -0.1) is 0 Å². The largest absolute Gasteiger partial charge is 0.372 e. The summed E-state index contributed by atoms with van der Waals surface area (Å²) in [5.74, 6) is -0.198. The summed E-state index contributed by atoms with van der Waals surface area (Å²) in [5, 5.41) is 4.04. The summed E-state index contributed by atoms with van der Waals surface area (Å²) in [6, 6.07) is 15.7. The van der Waals surface area contributed by atoms with Gasteiger partial charge >= 0.3 is 0 Å². The lowest BCUT2D eigenvalue weighted by Crippen LogP contribution is -2.29. The molecule has 0 aromatic heterocycles. The molecule has 124 valence electrons. The Morgan fingerprint density at radius 3 is 2.33 bits per heavy atom. The molecule has 0 unspecified atom stereocenters. The van der Waals surface area contributed by atoms with Gasteiger partial charge in [-0.25, -0.2) is 5.43 Å². The molecule has 2 aromatic rings. The summed E-state index contributed by atoms with van der Waals surface area (Å²) < 4.78 is 0. The normalized spacial score (nSPS) is 14.8. The summed E-state index contributed by atoms with van der Waals surface area (Å²) in [7, 11) is 0. The third-order valence-corrected chi connectivity index (χ3v) is 4.31. The van der Waals surface area contributed by atoms with Gasteiger partial charge in [-0.05, 0) is 56.0 Å². The second kappa shape index (κ2) is 7.77. The van der Waals surface area contributed by atoms with E-state index in [1.165, 1.54) is 24.9 Å². The van der Waals surface area contributed by atoms with Crippen molar-refractivity contribution in [3.05, 3.63) is 65.2 Å². The van der Waals surface area contributed by atoms with Crippen molar-refractivity contribution in [2.45, 2.75) is 26.2 Å². The topological polar surface area (TPSA) is 44.7 Å². The highest BCUT2D eigenvalue weighted by molar-refractivity contribution is 5.94. The van der Waals surface area contributed by atoms with Crippen LogP contribution in [0.2, 0.25) is 0 Å². The molecule has 0 spiro atoms. The van der Waals surface area contributed by atoms with Crippen molar-refractivity contribution in [2.75, 3.05) is 18.0 Å². The summed E-state index contributed by atoms with van der Waals surface area (Å²) >= 11 is 0. The lowest BCUT2D eigenvalue weighted by molar-refractivity contribution is 0.0955. The molecule has 24 heavy (non-hydrogen) atoms. The molecular weight excluding hydrogens is 298 g/mol. The van der Waals surface area contributed by atoms with Gasteiger partial charge < -0.3 is 4.90 Å². The van der Waals surface area contributed by atoms with Crippen LogP contribution < -0.4 is 10.3 Å². The second-order valence-electron chi connectivity index (χ2n) is 6.20. The fraction of sp³-hybridized carbons (Fsp3) is 0.300. The van der Waals surface area contributed by atoms with Gasteiger partial charge in [-0.2, -0.15) is 5.10 Å². The van der Waals surface area contributed by atoms with Crippen molar-refractivity contribution in [3.63, 3.8) is 0 Å². The van der Waals surface area contributed by atoms with Crippen molar-refractivity contribution in [2.24, 2.45) is 5.10 Å². The standard InChI is InChI=1S/C20H23N3O/c1-16-5-9-18(10-6-16)20(24)22-21-15-17-7-11-19(12-8-17)23-13-3-2-4-14-23/h5-12,15H,2-4,13-14H2,1H3,(H,22,24)/b21-15-. The number of nitrogens with one attached hydrogen (secondary N) is 1. The van der Waals surface area contributed by atoms with E-state index in [-0.39, 0.29) is 5.91 Å². The van der Waals surface area contributed by atoms with Crippen LogP contribution in [0, 0.1) is 6.92 Å². The van der Waals surface area contributed by atoms with Crippen LogP contribution in [0.5, 0.6) is 0 Å². The van der Waals surface area contributed by atoms with E-state index in [4.69, 9.17) is 0 Å². The van der Waals surface area contributed by atoms with E-state index in [0.29, 0.717) is 5.56 Å². The summed E-state index contributed by atoms with van der Waals surface area (Å²) in [5.41, 5.74) is 6.53. The van der Waals surface area contributed by atoms with Crippen LogP contribution in [0.3, 0.4) is 0 Å². The number of carbonyl (C=O) groups is 1. The van der Waals surface area contributed by atoms with Crippen molar-refractivity contribution >= 4 is 17.8 Å². The first kappa shape index (κ1) is 16.2. The molecule has 0 saturated carbocycles. The zero-order chi connectivity index (χ0) is 16.8. The molecule has 4 nitrogen and oxygen atoms in total. The SMILES string of the molecule is Cc1ccc(C(=O)N/N=C\c2ccc(N3CCCCC3)cc2)cc1. The summed E-state index contributed by atoms with van der Waals surface area (Å²) in [4.78, 5) is 14.4. The first-order valence-electron chi connectivity index (χ1n) is 8.47. The Labute approximate surface area is 143 Å². The minimum atomic E-state index is -0.198. The molecule has 1 aliphatic heterocycles. The van der Waals surface area contributed by atoms with Gasteiger partial charge in [0.05, 0.1) is 6.21 Å². The molecule has 1 N–H and O–H groups in total. The van der Waals surface area contributed by atoms with Crippen molar-refractivity contribution in [1.29, 1.82) is 0 Å². The van der Waals surface area contributed by atoms with Crippen LogP contribution in [0.25, 0.3) is 0 Å². The summed E-state index contributed by atoms with van der Waals surface area (Å²) in [6.45, 7) is 4.27. The zero-order valence-electron chi connectivity index (χ0n) is 14.0. The average Bonchev–Trinajstić information content (AvgIpc) is 2.63. The Kier molecular flexibility index (Phi) is 5.26. The minimum absolute atomic E-state index is 0.198. The number of hydrogen-bond acceptors (Lipinski definition) is 3. The van der Waals surface area contributed by atoms with Gasteiger partial charge in [-0.1, -0.05) is 29.8 Å². The monoisotopic (exact) mass is 321 g/mol. The van der Waals surface area contributed by atoms with E-state index in [9.17, 15) is 4.79 Å². The third-order valence-electron chi connectivity index (χ3n) is 4.31. The van der Waals surface area contributed by atoms with E-state index >= 15 is 0 Å². The molecule has 3 rings (SSSR count). The minimum Gasteiger partial charge on any atom is -0.372 e. The van der Waals surface area contributed by atoms with E-state index in [2.05, 4.69) is 27.6 Å². The zero-order valence-corrected chi connectivity index (χ0v) is 14.0. The molecule has 0 bridgehead atoms. The Balaban J connectivity index is 1.56. The van der Waals surface area contributed by atoms with Crippen LogP contribution in [-0.4, -0.2) is 25.2 Å². The smallest absolute Gasteiger partial charge is 0.271 e. The Morgan fingerprint density at radius 2 is 1.67 bits per heavy atom. The summed E-state index contributed by atoms with van der Waals surface area (Å²) in [6.07, 6.45) is 5.55. The number of aryl methyl sites for hydroxylation is 1. The number of nitrogens with zero attached hydrogens (tertiary/aromatic N) is 2. The van der Waals surface area contributed by atoms with Gasteiger partial charge in [0.25, 0.3) is 5.91 Å². The predicted octanol–water partition coefficient (Wildman–Crippen LogP) is 3.75. The molecule has 0 radical (unpaired) electrons. The first-order valence-corrected chi connectivity index (χ1v) is 8.47. The van der Waals surface area contributed by atoms with Crippen LogP contribution in [0.15, 0.2) is 53.6 Å². The van der Waals surface area contributed by atoms with Crippen molar-refractivity contribution in [1.82, 2.24) is 5.43 Å². The van der Waals surface area contributed by atoms with Crippen molar-refractivity contribution < 1.29 is 4.79 Å². The molecule has 1 heterocycles. The molecule has 1 saturated heterocycles. The fourth-order valence-corrected chi connectivity index (χ4v) is 2.86. The number of hydrogen-bond donors (Lipinski definition) is 1.